The van der Waals surface area contributed by atoms with Crippen LogP contribution in [0, 0.1) is 5.92 Å². The Bertz CT molecular complexity index is 424. The van der Waals surface area contributed by atoms with E-state index in [0.717, 1.165) is 37.2 Å². The fourth-order valence-electron chi connectivity index (χ4n) is 1.64. The van der Waals surface area contributed by atoms with Crippen LogP contribution in [-0.4, -0.2) is 38.2 Å². The minimum absolute atomic E-state index is 0. The predicted molar refractivity (Wildman–Crippen MR) is 109 cm³/mol. The van der Waals surface area contributed by atoms with Gasteiger partial charge < -0.3 is 15.4 Å². The molecule has 0 bridgehead atoms. The lowest BCUT2D eigenvalue weighted by molar-refractivity contribution is 0.271. The maximum atomic E-state index is 5.68. The van der Waals surface area contributed by atoms with Gasteiger partial charge in [0.05, 0.1) is 6.61 Å². The first-order chi connectivity index (χ1) is 10.2. The van der Waals surface area contributed by atoms with Gasteiger partial charge in [-0.1, -0.05) is 26.0 Å². The van der Waals surface area contributed by atoms with E-state index in [1.165, 1.54) is 5.56 Å². The third-order valence-electron chi connectivity index (χ3n) is 2.79. The lowest BCUT2D eigenvalue weighted by Gasteiger charge is -2.12. The molecule has 1 rings (SSSR count). The fraction of sp³-hybridized carbons (Fsp3) is 0.562. The van der Waals surface area contributed by atoms with Gasteiger partial charge in [-0.2, -0.15) is 11.8 Å². The molecule has 126 valence electrons. The minimum Gasteiger partial charge on any atom is -0.493 e. The summed E-state index contributed by atoms with van der Waals surface area (Å²) in [5.74, 6) is 3.38. The number of aliphatic imine (C=N–C) groups is 1. The second kappa shape index (κ2) is 12.9. The molecule has 0 atom stereocenters. The molecule has 0 saturated carbocycles. The number of hydrogen-bond acceptors (Lipinski definition) is 3. The van der Waals surface area contributed by atoms with E-state index in [4.69, 9.17) is 4.74 Å². The van der Waals surface area contributed by atoms with Crippen molar-refractivity contribution in [2.75, 3.05) is 32.2 Å². The Labute approximate surface area is 155 Å². The average Bonchev–Trinajstić information content (AvgIpc) is 2.49. The molecule has 0 aromatic heterocycles. The molecule has 0 saturated heterocycles. The van der Waals surface area contributed by atoms with Gasteiger partial charge in [0.1, 0.15) is 5.75 Å². The molecule has 22 heavy (non-hydrogen) atoms. The van der Waals surface area contributed by atoms with Crippen molar-refractivity contribution in [1.29, 1.82) is 0 Å². The van der Waals surface area contributed by atoms with Gasteiger partial charge in [-0.15, -0.1) is 24.0 Å². The van der Waals surface area contributed by atoms with Crippen molar-refractivity contribution in [2.24, 2.45) is 10.9 Å². The molecule has 0 aliphatic heterocycles. The van der Waals surface area contributed by atoms with Gasteiger partial charge in [-0.05, 0) is 29.9 Å². The van der Waals surface area contributed by atoms with E-state index >= 15 is 0 Å². The van der Waals surface area contributed by atoms with Crippen LogP contribution in [0.25, 0.3) is 0 Å². The third kappa shape index (κ3) is 9.40. The Morgan fingerprint density at radius 2 is 1.91 bits per heavy atom. The van der Waals surface area contributed by atoms with E-state index < -0.39 is 0 Å². The molecule has 0 amide bonds. The fourth-order valence-corrected chi connectivity index (χ4v) is 1.95. The van der Waals surface area contributed by atoms with Gasteiger partial charge in [-0.3, -0.25) is 4.99 Å². The van der Waals surface area contributed by atoms with Crippen molar-refractivity contribution in [1.82, 2.24) is 10.6 Å². The van der Waals surface area contributed by atoms with E-state index in [1.54, 1.807) is 7.05 Å². The number of thioether (sulfide) groups is 1. The van der Waals surface area contributed by atoms with Crippen LogP contribution >= 0.6 is 35.7 Å². The van der Waals surface area contributed by atoms with Crippen molar-refractivity contribution >= 4 is 41.7 Å². The first-order valence-electron chi connectivity index (χ1n) is 7.31. The highest BCUT2D eigenvalue weighted by Crippen LogP contribution is 2.13. The van der Waals surface area contributed by atoms with Gasteiger partial charge in [0.25, 0.3) is 0 Å². The van der Waals surface area contributed by atoms with E-state index in [1.807, 2.05) is 23.9 Å². The van der Waals surface area contributed by atoms with Gasteiger partial charge in [0.2, 0.25) is 0 Å². The lowest BCUT2D eigenvalue weighted by Crippen LogP contribution is -2.37. The summed E-state index contributed by atoms with van der Waals surface area (Å²) in [5, 5.41) is 6.58. The highest BCUT2D eigenvalue weighted by molar-refractivity contribution is 14.0. The standard InChI is InChI=1S/C16H27N3OS.HI/c1-13(2)12-20-15-7-5-14(6-8-15)11-19-16(17-3)18-9-10-21-4;/h5-8,13H,9-12H2,1-4H3,(H2,17,18,19);1H. The monoisotopic (exact) mass is 437 g/mol. The summed E-state index contributed by atoms with van der Waals surface area (Å²) in [6, 6.07) is 8.20. The van der Waals surface area contributed by atoms with Crippen LogP contribution in [0.15, 0.2) is 29.3 Å². The van der Waals surface area contributed by atoms with Crippen LogP contribution in [0.3, 0.4) is 0 Å². The van der Waals surface area contributed by atoms with Crippen LogP contribution < -0.4 is 15.4 Å². The van der Waals surface area contributed by atoms with Crippen LogP contribution in [0.2, 0.25) is 0 Å². The Balaban J connectivity index is 0.00000441. The second-order valence-electron chi connectivity index (χ2n) is 5.19. The van der Waals surface area contributed by atoms with Crippen molar-refractivity contribution in [2.45, 2.75) is 20.4 Å². The normalized spacial score (nSPS) is 11.0. The quantitative estimate of drug-likeness (QED) is 0.283. The molecule has 6 heteroatoms. The number of hydrogen-bond donors (Lipinski definition) is 2. The molecule has 0 heterocycles. The number of ether oxygens (including phenoxy) is 1. The highest BCUT2D eigenvalue weighted by atomic mass is 127. The van der Waals surface area contributed by atoms with Gasteiger partial charge >= 0.3 is 0 Å². The smallest absolute Gasteiger partial charge is 0.191 e. The molecule has 0 spiro atoms. The van der Waals surface area contributed by atoms with E-state index in [2.05, 4.69) is 47.9 Å². The molecule has 0 radical (unpaired) electrons. The van der Waals surface area contributed by atoms with E-state index in [9.17, 15) is 0 Å². The SMILES string of the molecule is CN=C(NCCSC)NCc1ccc(OCC(C)C)cc1.I. The summed E-state index contributed by atoms with van der Waals surface area (Å²) in [6.45, 7) is 6.72. The van der Waals surface area contributed by atoms with Crippen molar-refractivity contribution < 1.29 is 4.74 Å². The maximum Gasteiger partial charge on any atom is 0.191 e. The first-order valence-corrected chi connectivity index (χ1v) is 8.70. The summed E-state index contributed by atoms with van der Waals surface area (Å²) in [7, 11) is 1.79. The van der Waals surface area contributed by atoms with E-state index in [0.29, 0.717) is 5.92 Å². The van der Waals surface area contributed by atoms with Crippen LogP contribution in [0.5, 0.6) is 5.75 Å². The lowest BCUT2D eigenvalue weighted by atomic mass is 10.2. The molecule has 0 fully saturated rings. The van der Waals surface area contributed by atoms with Gasteiger partial charge in [0, 0.05) is 25.9 Å². The molecule has 0 aliphatic rings. The molecule has 0 aliphatic carbocycles. The second-order valence-corrected chi connectivity index (χ2v) is 6.18. The predicted octanol–water partition coefficient (Wildman–Crippen LogP) is 3.37. The summed E-state index contributed by atoms with van der Waals surface area (Å²) >= 11 is 1.82. The molecular weight excluding hydrogens is 409 g/mol. The number of halogens is 1. The number of nitrogens with one attached hydrogen (secondary N) is 2. The maximum absolute atomic E-state index is 5.68. The summed E-state index contributed by atoms with van der Waals surface area (Å²) in [6.07, 6.45) is 2.10. The van der Waals surface area contributed by atoms with Crippen molar-refractivity contribution in [3.8, 4) is 5.75 Å². The Morgan fingerprint density at radius 3 is 2.45 bits per heavy atom. The highest BCUT2D eigenvalue weighted by Gasteiger charge is 2.00. The Morgan fingerprint density at radius 1 is 1.23 bits per heavy atom. The van der Waals surface area contributed by atoms with Crippen molar-refractivity contribution in [3.63, 3.8) is 0 Å². The molecule has 2 N–H and O–H groups in total. The zero-order chi connectivity index (χ0) is 15.5. The number of nitrogens with zero attached hydrogens (tertiary/aromatic N) is 1. The molecule has 1 aromatic carbocycles. The van der Waals surface area contributed by atoms with Crippen LogP contribution in [0.1, 0.15) is 19.4 Å². The number of guanidine groups is 1. The zero-order valence-corrected chi connectivity index (χ0v) is 17.0. The average molecular weight is 437 g/mol. The van der Waals surface area contributed by atoms with E-state index in [-0.39, 0.29) is 24.0 Å². The van der Waals surface area contributed by atoms with Crippen LogP contribution in [-0.2, 0) is 6.54 Å². The third-order valence-corrected chi connectivity index (χ3v) is 3.40. The topological polar surface area (TPSA) is 45.7 Å². The zero-order valence-electron chi connectivity index (χ0n) is 13.9. The summed E-state index contributed by atoms with van der Waals surface area (Å²) < 4.78 is 5.68. The minimum atomic E-state index is 0. The van der Waals surface area contributed by atoms with Crippen molar-refractivity contribution in [3.05, 3.63) is 29.8 Å². The summed E-state index contributed by atoms with van der Waals surface area (Å²) in [5.41, 5.74) is 1.21. The Kier molecular flexibility index (Phi) is 12.5. The summed E-state index contributed by atoms with van der Waals surface area (Å²) in [4.78, 5) is 4.20. The van der Waals surface area contributed by atoms with Gasteiger partial charge in [-0.25, -0.2) is 0 Å². The number of benzene rings is 1. The Hall–Kier alpha value is -0.630. The molecular formula is C16H28IN3OS. The molecule has 4 nitrogen and oxygen atoms in total. The van der Waals surface area contributed by atoms with Crippen LogP contribution in [0.4, 0.5) is 0 Å². The first kappa shape index (κ1) is 21.4. The largest absolute Gasteiger partial charge is 0.493 e. The number of rotatable bonds is 8. The molecule has 0 unspecified atom stereocenters. The molecule has 1 aromatic rings. The van der Waals surface area contributed by atoms with Gasteiger partial charge in [0.15, 0.2) is 5.96 Å².